The number of esters is 1. The maximum absolute atomic E-state index is 12.1. The van der Waals surface area contributed by atoms with Crippen molar-refractivity contribution in [3.8, 4) is 0 Å². The summed E-state index contributed by atoms with van der Waals surface area (Å²) in [4.78, 5) is 12.1. The summed E-state index contributed by atoms with van der Waals surface area (Å²) in [5.74, 6) is 0.494. The van der Waals surface area contributed by atoms with Crippen LogP contribution in [0.1, 0.15) is 11.3 Å². The summed E-state index contributed by atoms with van der Waals surface area (Å²) in [6.45, 7) is 2.58. The van der Waals surface area contributed by atoms with E-state index in [1.807, 2.05) is 31.2 Å². The predicted octanol–water partition coefficient (Wildman–Crippen LogP) is 2.18. The Balaban J connectivity index is 2.24. The number of hydrogen-bond donors (Lipinski definition) is 0. The zero-order valence-electron chi connectivity index (χ0n) is 10.4. The molecule has 1 aromatic carbocycles. The van der Waals surface area contributed by atoms with Crippen LogP contribution in [-0.2, 0) is 19.7 Å². The van der Waals surface area contributed by atoms with E-state index in [1.54, 1.807) is 0 Å². The monoisotopic (exact) mass is 246 g/mol. The predicted molar refractivity (Wildman–Crippen MR) is 65.5 cm³/mol. The molecule has 18 heavy (non-hydrogen) atoms. The number of carbonyl (C=O) groups excluding carboxylic acids is 1. The molecule has 0 bridgehead atoms. The van der Waals surface area contributed by atoms with Crippen LogP contribution in [0.15, 0.2) is 28.7 Å². The van der Waals surface area contributed by atoms with E-state index in [0.717, 1.165) is 22.3 Å². The number of aryl methyl sites for hydroxylation is 1. The lowest BCUT2D eigenvalue weighted by molar-refractivity contribution is -0.166. The number of hydrogen-bond acceptors (Lipinski definition) is 4. The van der Waals surface area contributed by atoms with Crippen LogP contribution in [0.5, 0.6) is 0 Å². The van der Waals surface area contributed by atoms with E-state index in [-0.39, 0.29) is 5.97 Å². The fraction of sp³-hybridized carbons (Fsp3) is 0.357. The molecular formula is C14H14O4. The van der Waals surface area contributed by atoms with Crippen LogP contribution in [0.2, 0.25) is 0 Å². The Labute approximate surface area is 104 Å². The molecule has 0 atom stereocenters. The van der Waals surface area contributed by atoms with E-state index in [1.165, 1.54) is 7.11 Å². The second kappa shape index (κ2) is 3.85. The number of para-hydroxylation sites is 1. The van der Waals surface area contributed by atoms with Crippen molar-refractivity contribution in [2.45, 2.75) is 12.3 Å². The number of fused-ring (bicyclic) bond motifs is 1. The number of methoxy groups -OCH3 is 1. The smallest absolute Gasteiger partial charge is 0.321 e. The van der Waals surface area contributed by atoms with Crippen LogP contribution in [0, 0.1) is 6.92 Å². The average molecular weight is 246 g/mol. The van der Waals surface area contributed by atoms with Gasteiger partial charge in [-0.2, -0.15) is 0 Å². The Morgan fingerprint density at radius 3 is 2.67 bits per heavy atom. The van der Waals surface area contributed by atoms with E-state index < -0.39 is 5.41 Å². The van der Waals surface area contributed by atoms with Crippen LogP contribution in [0.25, 0.3) is 11.0 Å². The van der Waals surface area contributed by atoms with Crippen molar-refractivity contribution in [1.82, 2.24) is 0 Å². The molecule has 0 N–H and O–H groups in total. The van der Waals surface area contributed by atoms with Crippen molar-refractivity contribution in [2.75, 3.05) is 20.3 Å². The highest BCUT2D eigenvalue weighted by Crippen LogP contribution is 2.41. The second-order valence-corrected chi connectivity index (χ2v) is 4.60. The minimum Gasteiger partial charge on any atom is -0.468 e. The first-order valence-electron chi connectivity index (χ1n) is 5.84. The number of carbonyl (C=O) groups is 1. The summed E-state index contributed by atoms with van der Waals surface area (Å²) in [5, 5.41) is 0.962. The fourth-order valence-electron chi connectivity index (χ4n) is 2.63. The van der Waals surface area contributed by atoms with Crippen molar-refractivity contribution in [3.63, 3.8) is 0 Å². The highest BCUT2D eigenvalue weighted by atomic mass is 16.5. The van der Waals surface area contributed by atoms with E-state index in [0.29, 0.717) is 13.2 Å². The van der Waals surface area contributed by atoms with Crippen molar-refractivity contribution in [3.05, 3.63) is 35.6 Å². The lowest BCUT2D eigenvalue weighted by Crippen LogP contribution is -2.53. The van der Waals surface area contributed by atoms with E-state index in [4.69, 9.17) is 13.9 Å². The molecule has 0 amide bonds. The average Bonchev–Trinajstić information content (AvgIpc) is 2.65. The topological polar surface area (TPSA) is 48.7 Å². The van der Waals surface area contributed by atoms with Gasteiger partial charge in [0.15, 0.2) is 0 Å². The molecule has 0 spiro atoms. The summed E-state index contributed by atoms with van der Waals surface area (Å²) < 4.78 is 15.9. The fourth-order valence-corrected chi connectivity index (χ4v) is 2.63. The van der Waals surface area contributed by atoms with Gasteiger partial charge in [-0.3, -0.25) is 4.79 Å². The van der Waals surface area contributed by atoms with Gasteiger partial charge in [-0.1, -0.05) is 18.2 Å². The summed E-state index contributed by atoms with van der Waals surface area (Å²) in [7, 11) is 1.40. The summed E-state index contributed by atoms with van der Waals surface area (Å²) in [6, 6.07) is 7.71. The van der Waals surface area contributed by atoms with Crippen LogP contribution < -0.4 is 0 Å². The second-order valence-electron chi connectivity index (χ2n) is 4.60. The number of benzene rings is 1. The van der Waals surface area contributed by atoms with Crippen LogP contribution in [0.3, 0.4) is 0 Å². The van der Waals surface area contributed by atoms with Gasteiger partial charge in [0.25, 0.3) is 0 Å². The Kier molecular flexibility index (Phi) is 2.41. The molecule has 4 nitrogen and oxygen atoms in total. The molecular weight excluding hydrogens is 232 g/mol. The van der Waals surface area contributed by atoms with Gasteiger partial charge in [0.2, 0.25) is 0 Å². The molecule has 3 rings (SSSR count). The standard InChI is InChI=1S/C14H14O4/c1-9-12(10-5-3-4-6-11(10)18-9)14(7-17-8-14)13(15)16-2/h3-6H,7-8H2,1-2H3. The maximum Gasteiger partial charge on any atom is 0.321 e. The van der Waals surface area contributed by atoms with Gasteiger partial charge in [0, 0.05) is 10.9 Å². The summed E-state index contributed by atoms with van der Waals surface area (Å²) >= 11 is 0. The summed E-state index contributed by atoms with van der Waals surface area (Å²) in [5.41, 5.74) is 0.988. The Morgan fingerprint density at radius 2 is 2.06 bits per heavy atom. The molecule has 4 heteroatoms. The third-order valence-corrected chi connectivity index (χ3v) is 3.52. The molecule has 1 aliphatic heterocycles. The molecule has 1 aliphatic rings. The zero-order valence-corrected chi connectivity index (χ0v) is 10.4. The molecule has 0 radical (unpaired) electrons. The van der Waals surface area contributed by atoms with Crippen molar-refractivity contribution in [2.24, 2.45) is 0 Å². The van der Waals surface area contributed by atoms with E-state index >= 15 is 0 Å². The summed E-state index contributed by atoms with van der Waals surface area (Å²) in [6.07, 6.45) is 0. The van der Waals surface area contributed by atoms with Crippen molar-refractivity contribution in [1.29, 1.82) is 0 Å². The molecule has 0 saturated carbocycles. The molecule has 94 valence electrons. The first-order valence-corrected chi connectivity index (χ1v) is 5.84. The van der Waals surface area contributed by atoms with Gasteiger partial charge in [-0.15, -0.1) is 0 Å². The van der Waals surface area contributed by atoms with Gasteiger partial charge >= 0.3 is 5.97 Å². The molecule has 1 fully saturated rings. The van der Waals surface area contributed by atoms with E-state index in [2.05, 4.69) is 0 Å². The van der Waals surface area contributed by atoms with Gasteiger partial charge in [0.05, 0.1) is 20.3 Å². The molecule has 1 saturated heterocycles. The van der Waals surface area contributed by atoms with Crippen LogP contribution >= 0.6 is 0 Å². The van der Waals surface area contributed by atoms with Gasteiger partial charge in [-0.05, 0) is 13.0 Å². The van der Waals surface area contributed by atoms with Gasteiger partial charge in [0.1, 0.15) is 16.8 Å². The molecule has 2 heterocycles. The first-order chi connectivity index (χ1) is 8.69. The molecule has 0 unspecified atom stereocenters. The SMILES string of the molecule is COC(=O)C1(c2c(C)oc3ccccc23)COC1. The van der Waals surface area contributed by atoms with Gasteiger partial charge in [-0.25, -0.2) is 0 Å². The largest absolute Gasteiger partial charge is 0.468 e. The normalized spacial score (nSPS) is 17.4. The Morgan fingerprint density at radius 1 is 1.33 bits per heavy atom. The third-order valence-electron chi connectivity index (χ3n) is 3.52. The minimum absolute atomic E-state index is 0.261. The first kappa shape index (κ1) is 11.3. The Bertz CT molecular complexity index is 607. The third kappa shape index (κ3) is 1.32. The number of furan rings is 1. The highest BCUT2D eigenvalue weighted by molar-refractivity contribution is 5.93. The van der Waals surface area contributed by atoms with Crippen LogP contribution in [-0.4, -0.2) is 26.3 Å². The van der Waals surface area contributed by atoms with Crippen LogP contribution in [0.4, 0.5) is 0 Å². The molecule has 1 aromatic heterocycles. The van der Waals surface area contributed by atoms with Gasteiger partial charge < -0.3 is 13.9 Å². The lowest BCUT2D eigenvalue weighted by Gasteiger charge is -2.38. The number of ether oxygens (including phenoxy) is 2. The van der Waals surface area contributed by atoms with Crippen molar-refractivity contribution >= 4 is 16.9 Å². The number of rotatable bonds is 2. The highest BCUT2D eigenvalue weighted by Gasteiger charge is 2.51. The maximum atomic E-state index is 12.1. The molecule has 0 aliphatic carbocycles. The Hall–Kier alpha value is -1.81. The lowest BCUT2D eigenvalue weighted by atomic mass is 9.77. The van der Waals surface area contributed by atoms with Crippen molar-refractivity contribution < 1.29 is 18.7 Å². The quantitative estimate of drug-likeness (QED) is 0.762. The minimum atomic E-state index is -0.703. The molecule has 2 aromatic rings. The zero-order chi connectivity index (χ0) is 12.8. The van der Waals surface area contributed by atoms with E-state index in [9.17, 15) is 4.79 Å².